The zero-order valence-corrected chi connectivity index (χ0v) is 16.2. The highest BCUT2D eigenvalue weighted by Gasteiger charge is 2.56. The molecule has 2 fully saturated rings. The first kappa shape index (κ1) is 26.0. The number of hydrogen-bond acceptors (Lipinski definition) is 20. The highest BCUT2D eigenvalue weighted by Crippen LogP contribution is 2.34. The van der Waals surface area contributed by atoms with Gasteiger partial charge in [-0.25, -0.2) is 5.90 Å². The number of nitrogens with two attached hydrogens (primary N) is 3. The van der Waals surface area contributed by atoms with Crippen molar-refractivity contribution in [3.05, 3.63) is 29.4 Å². The second kappa shape index (κ2) is 11.6. The van der Waals surface area contributed by atoms with Gasteiger partial charge in [-0.2, -0.15) is 24.7 Å². The average Bonchev–Trinajstić information content (AvgIpc) is 2.84. The molecule has 21 nitrogen and oxygen atoms in total. The van der Waals surface area contributed by atoms with E-state index in [1.165, 1.54) is 0 Å². The number of hydrogen-bond donors (Lipinski definition) is 4. The quantitative estimate of drug-likeness (QED) is 0.0843. The van der Waals surface area contributed by atoms with Crippen LogP contribution in [-0.2, 0) is 19.0 Å². The fourth-order valence-corrected chi connectivity index (χ4v) is 3.46. The van der Waals surface area contributed by atoms with Gasteiger partial charge in [0.05, 0.1) is 0 Å². The maximum absolute atomic E-state index is 11.5. The molecule has 0 aromatic heterocycles. The Hall–Kier alpha value is -3.21. The number of rotatable bonds is 10. The molecule has 0 radical (unpaired) electrons. The summed E-state index contributed by atoms with van der Waals surface area (Å²) in [7, 11) is 0. The Balaban J connectivity index is 2.40. The summed E-state index contributed by atoms with van der Waals surface area (Å²) in [5.41, 5.74) is 5.46. The molecule has 182 valence electrons. The Morgan fingerprint density at radius 1 is 0.879 bits per heavy atom. The van der Waals surface area contributed by atoms with Gasteiger partial charge < -0.3 is 30.9 Å². The second-order valence-corrected chi connectivity index (χ2v) is 6.68. The van der Waals surface area contributed by atoms with Crippen molar-refractivity contribution < 1.29 is 24.2 Å². The maximum atomic E-state index is 11.5. The van der Waals surface area contributed by atoms with Gasteiger partial charge in [-0.05, 0) is 10.4 Å². The SMILES string of the molecule is NN=C(N=O)C1OC(O)C(OC2OC(C(N)N=O)C(N=O)C(N=O)C2N=O)C(N=O)C1ON. The molecule has 0 spiro atoms. The molecular weight excluding hydrogens is 460 g/mol. The maximum Gasteiger partial charge on any atom is 0.223 e. The van der Waals surface area contributed by atoms with Gasteiger partial charge in [0.15, 0.2) is 43.0 Å². The monoisotopic (exact) mass is 478 g/mol. The molecule has 0 aromatic carbocycles. The van der Waals surface area contributed by atoms with Gasteiger partial charge >= 0.3 is 0 Å². The fraction of sp³-hybridized carbons (Fsp3) is 0.917. The summed E-state index contributed by atoms with van der Waals surface area (Å²) in [6.07, 6.45) is -12.7. The molecule has 2 saturated heterocycles. The molecule has 7 N–H and O–H groups in total. The van der Waals surface area contributed by atoms with Gasteiger partial charge in [-0.3, -0.25) is 4.84 Å². The molecular formula is C12H18N10O11. The number of aliphatic hydroxyl groups is 1. The molecule has 11 atom stereocenters. The number of nitroso groups, excluding NO2 is 6. The van der Waals surface area contributed by atoms with Crippen LogP contribution in [-0.4, -0.2) is 78.3 Å². The van der Waals surface area contributed by atoms with Crippen LogP contribution in [0.1, 0.15) is 0 Å². The van der Waals surface area contributed by atoms with Gasteiger partial charge in [0.25, 0.3) is 0 Å². The number of amidine groups is 1. The van der Waals surface area contributed by atoms with E-state index in [-0.39, 0.29) is 0 Å². The summed E-state index contributed by atoms with van der Waals surface area (Å²) in [5, 5.41) is 28.9. The lowest BCUT2D eigenvalue weighted by atomic mass is 9.91. The third-order valence-electron chi connectivity index (χ3n) is 5.02. The van der Waals surface area contributed by atoms with Crippen LogP contribution in [0, 0.1) is 29.4 Å². The topological polar surface area (TPSA) is 324 Å². The summed E-state index contributed by atoms with van der Waals surface area (Å²) >= 11 is 0. The van der Waals surface area contributed by atoms with Crippen LogP contribution in [0.5, 0.6) is 0 Å². The first-order valence-electron chi connectivity index (χ1n) is 8.86. The van der Waals surface area contributed by atoms with E-state index in [4.69, 9.17) is 31.7 Å². The summed E-state index contributed by atoms with van der Waals surface area (Å²) in [6.45, 7) is 0. The Bertz CT molecular complexity index is 787. The minimum atomic E-state index is -2.10. The summed E-state index contributed by atoms with van der Waals surface area (Å²) < 4.78 is 15.8. The van der Waals surface area contributed by atoms with Crippen LogP contribution in [0.3, 0.4) is 0 Å². The van der Waals surface area contributed by atoms with Crippen molar-refractivity contribution in [3.8, 4) is 0 Å². The van der Waals surface area contributed by atoms with Crippen molar-refractivity contribution in [2.45, 2.75) is 67.3 Å². The van der Waals surface area contributed by atoms with E-state index in [0.29, 0.717) is 0 Å². The highest BCUT2D eigenvalue weighted by molar-refractivity contribution is 5.87. The lowest BCUT2D eigenvalue weighted by Crippen LogP contribution is -2.65. The average molecular weight is 478 g/mol. The predicted molar refractivity (Wildman–Crippen MR) is 103 cm³/mol. The fourth-order valence-electron chi connectivity index (χ4n) is 3.46. The van der Waals surface area contributed by atoms with Crippen LogP contribution in [0.2, 0.25) is 0 Å². The van der Waals surface area contributed by atoms with E-state index in [2.05, 4.69) is 41.0 Å². The van der Waals surface area contributed by atoms with Crippen molar-refractivity contribution in [2.75, 3.05) is 0 Å². The summed E-state index contributed by atoms with van der Waals surface area (Å²) in [5.74, 6) is 9.39. The Labute approximate surface area is 181 Å². The molecule has 0 aromatic rings. The van der Waals surface area contributed by atoms with E-state index in [0.717, 1.165) is 0 Å². The normalized spacial score (nSPS) is 40.3. The number of aliphatic hydroxyl groups excluding tert-OH is 1. The molecule has 2 aliphatic heterocycles. The van der Waals surface area contributed by atoms with Crippen LogP contribution in [0.15, 0.2) is 36.2 Å². The molecule has 11 unspecified atom stereocenters. The van der Waals surface area contributed by atoms with E-state index < -0.39 is 73.2 Å². The standard InChI is InChI=1S/C12H18N10O11/c13-9(21-28)6-2(18-25)1(17-24)3(19-26)12(31-6)32-7-4(20-27)5(33-15)8(30-11(7)23)10(16-14)22-29/h1-9,11-12,23H,13-15H2. The number of hydrazone groups is 1. The molecule has 2 rings (SSSR count). The van der Waals surface area contributed by atoms with Gasteiger partial charge in [0.2, 0.25) is 5.84 Å². The van der Waals surface area contributed by atoms with Crippen molar-refractivity contribution in [3.63, 3.8) is 0 Å². The molecule has 21 heteroatoms. The molecule has 2 aliphatic rings. The Morgan fingerprint density at radius 3 is 1.94 bits per heavy atom. The highest BCUT2D eigenvalue weighted by atomic mass is 16.7. The number of nitrogens with zero attached hydrogens (tertiary/aromatic N) is 7. The minimum Gasteiger partial charge on any atom is -0.366 e. The first-order valence-corrected chi connectivity index (χ1v) is 8.86. The molecule has 0 saturated carbocycles. The second-order valence-electron chi connectivity index (χ2n) is 6.68. The zero-order chi connectivity index (χ0) is 24.7. The van der Waals surface area contributed by atoms with Crippen LogP contribution < -0.4 is 17.5 Å². The van der Waals surface area contributed by atoms with E-state index in [1.807, 2.05) is 0 Å². The molecule has 33 heavy (non-hydrogen) atoms. The minimum absolute atomic E-state index is 0.758. The zero-order valence-electron chi connectivity index (χ0n) is 16.2. The molecule has 0 amide bonds. The van der Waals surface area contributed by atoms with Gasteiger partial charge in [0, 0.05) is 0 Å². The van der Waals surface area contributed by atoms with Crippen molar-refractivity contribution in [1.82, 2.24) is 0 Å². The van der Waals surface area contributed by atoms with E-state index >= 15 is 0 Å². The predicted octanol–water partition coefficient (Wildman–Crippen LogP) is -2.30. The molecule has 2 heterocycles. The van der Waals surface area contributed by atoms with Crippen molar-refractivity contribution in [1.29, 1.82) is 0 Å². The Morgan fingerprint density at radius 2 is 1.48 bits per heavy atom. The summed E-state index contributed by atoms with van der Waals surface area (Å²) in [6, 6.07) is -7.23. The van der Waals surface area contributed by atoms with E-state index in [9.17, 15) is 34.5 Å². The van der Waals surface area contributed by atoms with Gasteiger partial charge in [0.1, 0.15) is 24.4 Å². The van der Waals surface area contributed by atoms with Crippen molar-refractivity contribution >= 4 is 5.84 Å². The molecule has 0 bridgehead atoms. The van der Waals surface area contributed by atoms with Gasteiger partial charge in [-0.15, -0.1) is 9.81 Å². The number of ether oxygens (including phenoxy) is 3. The van der Waals surface area contributed by atoms with Crippen LogP contribution >= 0.6 is 0 Å². The third-order valence-corrected chi connectivity index (χ3v) is 5.02. The smallest absolute Gasteiger partial charge is 0.223 e. The van der Waals surface area contributed by atoms with Gasteiger partial charge in [-0.1, -0.05) is 20.7 Å². The lowest BCUT2D eigenvalue weighted by molar-refractivity contribution is -0.308. The lowest BCUT2D eigenvalue weighted by Gasteiger charge is -2.44. The third kappa shape index (κ3) is 4.92. The molecule has 0 aliphatic carbocycles. The largest absolute Gasteiger partial charge is 0.366 e. The van der Waals surface area contributed by atoms with E-state index in [1.54, 1.807) is 0 Å². The summed E-state index contributed by atoms with van der Waals surface area (Å²) in [4.78, 5) is 71.8. The Kier molecular flexibility index (Phi) is 9.15. The first-order chi connectivity index (χ1) is 15.9. The van der Waals surface area contributed by atoms with Crippen molar-refractivity contribution in [2.24, 2.45) is 53.6 Å². The van der Waals surface area contributed by atoms with Crippen LogP contribution in [0.25, 0.3) is 0 Å². The van der Waals surface area contributed by atoms with Crippen LogP contribution in [0.4, 0.5) is 0 Å².